The Kier molecular flexibility index (Phi) is 13.7. The van der Waals surface area contributed by atoms with Gasteiger partial charge >= 0.3 is 11.9 Å². The van der Waals surface area contributed by atoms with Gasteiger partial charge in [0.05, 0.1) is 11.1 Å². The van der Waals surface area contributed by atoms with Crippen molar-refractivity contribution in [3.63, 3.8) is 0 Å². The molecule has 2 saturated heterocycles. The molecule has 0 aliphatic carbocycles. The van der Waals surface area contributed by atoms with E-state index in [4.69, 9.17) is 27.9 Å². The molecule has 1 unspecified atom stereocenters. The molecule has 4 aromatic rings. The SMILES string of the molecule is CC1CN(Cc2ccc(F)cc2)CCN1C(=O)/C=C/c1ccc(Cl)cc1C(=O)OC(=O)c1cc(Cl)ccc1/C=C/C(=O)N1CCN(Cc2ccc(F)cc2)C[C@H]1C. The number of hydrogen-bond donors (Lipinski definition) is 0. The lowest BCUT2D eigenvalue weighted by atomic mass is 10.1. The third kappa shape index (κ3) is 11.0. The lowest BCUT2D eigenvalue weighted by Crippen LogP contribution is -2.53. The van der Waals surface area contributed by atoms with Gasteiger partial charge in [-0.2, -0.15) is 0 Å². The zero-order chi connectivity index (χ0) is 40.6. The van der Waals surface area contributed by atoms with Crippen molar-refractivity contribution in [2.24, 2.45) is 0 Å². The van der Waals surface area contributed by atoms with Gasteiger partial charge in [0.1, 0.15) is 11.6 Å². The Morgan fingerprint density at radius 2 is 1.00 bits per heavy atom. The maximum absolute atomic E-state index is 13.5. The van der Waals surface area contributed by atoms with Gasteiger partial charge in [0.15, 0.2) is 0 Å². The molecular weight excluding hydrogens is 773 g/mol. The van der Waals surface area contributed by atoms with Crippen molar-refractivity contribution in [2.75, 3.05) is 39.3 Å². The zero-order valence-corrected chi connectivity index (χ0v) is 33.1. The van der Waals surface area contributed by atoms with Crippen LogP contribution in [-0.2, 0) is 27.4 Å². The van der Waals surface area contributed by atoms with Crippen LogP contribution in [0.5, 0.6) is 0 Å². The van der Waals surface area contributed by atoms with E-state index in [0.717, 1.165) is 11.1 Å². The van der Waals surface area contributed by atoms with Crippen LogP contribution in [0.15, 0.2) is 97.1 Å². The first-order valence-corrected chi connectivity index (χ1v) is 19.3. The maximum atomic E-state index is 13.5. The monoisotopic (exact) mass is 814 g/mol. The normalized spacial score (nSPS) is 18.0. The first-order chi connectivity index (χ1) is 27.3. The van der Waals surface area contributed by atoms with Crippen molar-refractivity contribution >= 4 is 59.1 Å². The molecule has 0 spiro atoms. The molecule has 4 aromatic carbocycles. The number of hydrogen-bond acceptors (Lipinski definition) is 7. The number of carbonyl (C=O) groups excluding carboxylic acids is 4. The molecule has 13 heteroatoms. The highest BCUT2D eigenvalue weighted by Gasteiger charge is 2.28. The fraction of sp³-hybridized carbons (Fsp3) is 0.273. The molecule has 57 heavy (non-hydrogen) atoms. The molecular formula is C44H42Cl2F2N4O5. The van der Waals surface area contributed by atoms with Gasteiger partial charge in [0.25, 0.3) is 0 Å². The van der Waals surface area contributed by atoms with E-state index in [1.165, 1.54) is 60.7 Å². The van der Waals surface area contributed by atoms with Gasteiger partial charge in [-0.3, -0.25) is 19.4 Å². The molecule has 0 aromatic heterocycles. The van der Waals surface area contributed by atoms with Crippen LogP contribution in [0.1, 0.15) is 56.8 Å². The zero-order valence-electron chi connectivity index (χ0n) is 31.5. The van der Waals surface area contributed by atoms with Crippen molar-refractivity contribution < 1.29 is 32.7 Å². The minimum Gasteiger partial charge on any atom is -0.386 e. The summed E-state index contributed by atoms with van der Waals surface area (Å²) in [5.41, 5.74) is 2.55. The summed E-state index contributed by atoms with van der Waals surface area (Å²) in [6.07, 6.45) is 5.72. The standard InChI is InChI=1S/C44H42Cl2F2N4O5/c1-29-25-49(27-31-3-13-37(47)14-4-31)19-21-51(29)41(53)17-9-33-7-11-35(45)23-39(33)43(55)57-44(56)40-24-36(46)12-8-34(40)10-18-42(54)52-22-20-50(26-30(52)2)28-32-5-15-38(48)16-6-32/h3-18,23-24,29-30H,19-22,25-28H2,1-2H3/b17-9+,18-10+/t29-,30?/m1/s1. The average Bonchev–Trinajstić information content (AvgIpc) is 3.18. The summed E-state index contributed by atoms with van der Waals surface area (Å²) in [7, 11) is 0. The molecule has 0 N–H and O–H groups in total. The predicted molar refractivity (Wildman–Crippen MR) is 216 cm³/mol. The van der Waals surface area contributed by atoms with Crippen LogP contribution in [0.2, 0.25) is 10.0 Å². The molecule has 6 rings (SSSR count). The van der Waals surface area contributed by atoms with Gasteiger partial charge in [-0.1, -0.05) is 59.6 Å². The minimum absolute atomic E-state index is 0.0288. The molecule has 2 heterocycles. The molecule has 2 amide bonds. The number of nitrogens with zero attached hydrogens (tertiary/aromatic N) is 4. The maximum Gasteiger partial charge on any atom is 0.346 e. The number of carbonyl (C=O) groups is 4. The Morgan fingerprint density at radius 3 is 1.37 bits per heavy atom. The van der Waals surface area contributed by atoms with Crippen LogP contribution in [0.4, 0.5) is 8.78 Å². The van der Waals surface area contributed by atoms with Crippen molar-refractivity contribution in [3.8, 4) is 0 Å². The van der Waals surface area contributed by atoms with Crippen LogP contribution < -0.4 is 0 Å². The highest BCUT2D eigenvalue weighted by Crippen LogP contribution is 2.24. The largest absolute Gasteiger partial charge is 0.386 e. The second-order valence-corrected chi connectivity index (χ2v) is 15.2. The van der Waals surface area contributed by atoms with Crippen LogP contribution in [0.25, 0.3) is 12.2 Å². The Bertz CT molecular complexity index is 2030. The topological polar surface area (TPSA) is 90.5 Å². The molecule has 0 bridgehead atoms. The van der Waals surface area contributed by atoms with Gasteiger partial charge in [-0.25, -0.2) is 18.4 Å². The van der Waals surface area contributed by atoms with Crippen molar-refractivity contribution in [2.45, 2.75) is 39.0 Å². The molecule has 2 aliphatic heterocycles. The van der Waals surface area contributed by atoms with Gasteiger partial charge in [-0.15, -0.1) is 0 Å². The fourth-order valence-electron chi connectivity index (χ4n) is 7.11. The van der Waals surface area contributed by atoms with Crippen molar-refractivity contribution in [3.05, 3.63) is 152 Å². The van der Waals surface area contributed by atoms with Crippen molar-refractivity contribution in [1.82, 2.24) is 19.6 Å². The van der Waals surface area contributed by atoms with E-state index in [2.05, 4.69) is 9.80 Å². The highest BCUT2D eigenvalue weighted by molar-refractivity contribution is 6.31. The van der Waals surface area contributed by atoms with E-state index in [1.807, 2.05) is 13.8 Å². The van der Waals surface area contributed by atoms with Gasteiger partial charge in [-0.05, 0) is 96.8 Å². The number of benzene rings is 4. The number of esters is 2. The van der Waals surface area contributed by atoms with Crippen LogP contribution in [0.3, 0.4) is 0 Å². The lowest BCUT2D eigenvalue weighted by Gasteiger charge is -2.39. The quantitative estimate of drug-likeness (QED) is 0.0919. The van der Waals surface area contributed by atoms with Gasteiger partial charge in [0.2, 0.25) is 11.8 Å². The van der Waals surface area contributed by atoms with Gasteiger partial charge < -0.3 is 14.5 Å². The average molecular weight is 816 g/mol. The summed E-state index contributed by atoms with van der Waals surface area (Å²) in [4.78, 5) is 61.5. The summed E-state index contributed by atoms with van der Waals surface area (Å²) in [5, 5.41) is 0.443. The molecule has 0 radical (unpaired) electrons. The summed E-state index contributed by atoms with van der Waals surface area (Å²) in [6.45, 7) is 8.66. The molecule has 2 atom stereocenters. The second-order valence-electron chi connectivity index (χ2n) is 14.3. The van der Waals surface area contributed by atoms with Crippen molar-refractivity contribution in [1.29, 1.82) is 0 Å². The molecule has 2 fully saturated rings. The smallest absolute Gasteiger partial charge is 0.346 e. The number of rotatable bonds is 10. The van der Waals surface area contributed by atoms with E-state index in [-0.39, 0.29) is 56.7 Å². The van der Waals surface area contributed by atoms with E-state index < -0.39 is 11.9 Å². The third-order valence-corrected chi connectivity index (χ3v) is 10.6. The molecule has 296 valence electrons. The van der Waals surface area contributed by atoms with E-state index in [0.29, 0.717) is 63.5 Å². The number of piperazine rings is 2. The number of amides is 2. The van der Waals surface area contributed by atoms with E-state index >= 15 is 0 Å². The van der Waals surface area contributed by atoms with Crippen LogP contribution in [0, 0.1) is 11.6 Å². The number of halogens is 4. The summed E-state index contributed by atoms with van der Waals surface area (Å²) in [6, 6.07) is 21.5. The Balaban J connectivity index is 1.07. The predicted octanol–water partition coefficient (Wildman–Crippen LogP) is 7.76. The summed E-state index contributed by atoms with van der Waals surface area (Å²) >= 11 is 12.5. The van der Waals surface area contributed by atoms with E-state index in [9.17, 15) is 28.0 Å². The molecule has 0 saturated carbocycles. The molecule has 9 nitrogen and oxygen atoms in total. The minimum atomic E-state index is -0.990. The summed E-state index contributed by atoms with van der Waals surface area (Å²) < 4.78 is 32.0. The third-order valence-electron chi connectivity index (χ3n) is 10.1. The van der Waals surface area contributed by atoms with Crippen LogP contribution >= 0.6 is 23.2 Å². The Hall–Kier alpha value is -5.20. The lowest BCUT2D eigenvalue weighted by molar-refractivity contribution is -0.131. The molecule has 2 aliphatic rings. The highest BCUT2D eigenvalue weighted by atomic mass is 35.5. The van der Waals surface area contributed by atoms with E-state index in [1.54, 1.807) is 58.3 Å². The van der Waals surface area contributed by atoms with Crippen LogP contribution in [-0.4, -0.2) is 94.7 Å². The first kappa shape index (κ1) is 41.4. The Labute approximate surface area is 340 Å². The van der Waals surface area contributed by atoms with Gasteiger partial charge in [0, 0.05) is 86.6 Å². The number of ether oxygens (including phenoxy) is 1. The second kappa shape index (κ2) is 18.8. The summed E-state index contributed by atoms with van der Waals surface area (Å²) in [5.74, 6) is -3.05. The fourth-order valence-corrected chi connectivity index (χ4v) is 7.46. The first-order valence-electron chi connectivity index (χ1n) is 18.6. The Morgan fingerprint density at radius 1 is 0.614 bits per heavy atom.